The zero-order valence-electron chi connectivity index (χ0n) is 21.8. The van der Waals surface area contributed by atoms with Crippen molar-refractivity contribution in [1.29, 1.82) is 0 Å². The quantitative estimate of drug-likeness (QED) is 0.377. The number of rotatable bonds is 6. The number of hydrogen-bond acceptors (Lipinski definition) is 6. The Kier molecular flexibility index (Phi) is 6.82. The second kappa shape index (κ2) is 10.4. The maximum Gasteiger partial charge on any atom is 0.271 e. The maximum atomic E-state index is 14.5. The van der Waals surface area contributed by atoms with Gasteiger partial charge in [-0.15, -0.1) is 0 Å². The number of benzene rings is 1. The van der Waals surface area contributed by atoms with Crippen molar-refractivity contribution < 1.29 is 13.9 Å². The highest BCUT2D eigenvalue weighted by molar-refractivity contribution is 6.30. The SMILES string of the molecule is Cc1cnc(NC2CCOCC2)nc1-c1cc2n(c1)CCN(C(c1ccc(Cl)c(F)c1)c1cnn(C)c1)C2=O. The molecule has 0 aliphatic carbocycles. The summed E-state index contributed by atoms with van der Waals surface area (Å²) in [4.78, 5) is 25.0. The van der Waals surface area contributed by atoms with Crippen LogP contribution in [0, 0.1) is 12.7 Å². The summed E-state index contributed by atoms with van der Waals surface area (Å²) in [6.07, 6.45) is 9.16. The molecule has 0 radical (unpaired) electrons. The van der Waals surface area contributed by atoms with Gasteiger partial charge >= 0.3 is 0 Å². The zero-order valence-corrected chi connectivity index (χ0v) is 22.5. The molecule has 1 N–H and O–H groups in total. The summed E-state index contributed by atoms with van der Waals surface area (Å²) in [5, 5.41) is 7.76. The van der Waals surface area contributed by atoms with E-state index >= 15 is 0 Å². The molecular formula is C28H29ClFN7O2. The van der Waals surface area contributed by atoms with Gasteiger partial charge in [0, 0.05) is 69.1 Å². The second-order valence-corrected chi connectivity index (χ2v) is 10.5. The topological polar surface area (TPSA) is 90.1 Å². The smallest absolute Gasteiger partial charge is 0.271 e. The predicted molar refractivity (Wildman–Crippen MR) is 145 cm³/mol. The van der Waals surface area contributed by atoms with Crippen LogP contribution in [0.25, 0.3) is 11.3 Å². The summed E-state index contributed by atoms with van der Waals surface area (Å²) < 4.78 is 23.6. The molecule has 1 amide bonds. The minimum absolute atomic E-state index is 0.0399. The molecule has 1 saturated heterocycles. The molecular weight excluding hydrogens is 521 g/mol. The Morgan fingerprint density at radius 1 is 1.13 bits per heavy atom. The summed E-state index contributed by atoms with van der Waals surface area (Å²) in [6.45, 7) is 4.45. The highest BCUT2D eigenvalue weighted by Crippen LogP contribution is 2.35. The van der Waals surface area contributed by atoms with Crippen LogP contribution < -0.4 is 5.32 Å². The maximum absolute atomic E-state index is 14.5. The number of amides is 1. The number of aromatic nitrogens is 5. The third-order valence-electron chi connectivity index (χ3n) is 7.37. The van der Waals surface area contributed by atoms with Gasteiger partial charge in [-0.2, -0.15) is 5.10 Å². The molecule has 1 fully saturated rings. The van der Waals surface area contributed by atoms with Crippen molar-refractivity contribution in [2.24, 2.45) is 7.05 Å². The number of carbonyl (C=O) groups excluding carboxylic acids is 1. The molecule has 6 rings (SSSR count). The second-order valence-electron chi connectivity index (χ2n) is 10.1. The van der Waals surface area contributed by atoms with Gasteiger partial charge in [0.1, 0.15) is 11.5 Å². The van der Waals surface area contributed by atoms with Gasteiger partial charge in [0.15, 0.2) is 0 Å². The van der Waals surface area contributed by atoms with Gasteiger partial charge in [0.2, 0.25) is 5.95 Å². The summed E-state index contributed by atoms with van der Waals surface area (Å²) in [6, 6.07) is 6.31. The van der Waals surface area contributed by atoms with E-state index in [1.165, 1.54) is 12.1 Å². The normalized spacial score (nSPS) is 16.8. The predicted octanol–water partition coefficient (Wildman–Crippen LogP) is 4.62. The Morgan fingerprint density at radius 2 is 1.95 bits per heavy atom. The van der Waals surface area contributed by atoms with Gasteiger partial charge in [0.25, 0.3) is 5.91 Å². The summed E-state index contributed by atoms with van der Waals surface area (Å²) in [5.41, 5.74) is 4.54. The summed E-state index contributed by atoms with van der Waals surface area (Å²) >= 11 is 5.96. The highest BCUT2D eigenvalue weighted by atomic mass is 35.5. The summed E-state index contributed by atoms with van der Waals surface area (Å²) in [7, 11) is 1.81. The van der Waals surface area contributed by atoms with Crippen molar-refractivity contribution in [3.8, 4) is 11.3 Å². The van der Waals surface area contributed by atoms with Crippen LogP contribution in [-0.2, 0) is 18.3 Å². The van der Waals surface area contributed by atoms with E-state index in [4.69, 9.17) is 21.3 Å². The molecule has 3 aromatic heterocycles. The Labute approximate surface area is 230 Å². The average Bonchev–Trinajstić information content (AvgIpc) is 3.56. The molecule has 1 unspecified atom stereocenters. The molecule has 0 spiro atoms. The van der Waals surface area contributed by atoms with Gasteiger partial charge in [-0.05, 0) is 49.1 Å². The van der Waals surface area contributed by atoms with Crippen LogP contribution in [0.4, 0.5) is 10.3 Å². The molecule has 0 saturated carbocycles. The number of aryl methyl sites for hydroxylation is 2. The largest absolute Gasteiger partial charge is 0.381 e. The number of ether oxygens (including phenoxy) is 1. The van der Waals surface area contributed by atoms with Crippen molar-refractivity contribution >= 4 is 23.5 Å². The average molecular weight is 550 g/mol. The lowest BCUT2D eigenvalue weighted by molar-refractivity contribution is 0.0649. The van der Waals surface area contributed by atoms with Crippen LogP contribution in [0.3, 0.4) is 0 Å². The fourth-order valence-electron chi connectivity index (χ4n) is 5.36. The first-order valence-corrected chi connectivity index (χ1v) is 13.4. The van der Waals surface area contributed by atoms with Crippen LogP contribution in [0.2, 0.25) is 5.02 Å². The van der Waals surface area contributed by atoms with Crippen LogP contribution in [-0.4, -0.2) is 60.9 Å². The molecule has 2 aliphatic heterocycles. The van der Waals surface area contributed by atoms with Gasteiger partial charge in [-0.25, -0.2) is 14.4 Å². The number of nitrogens with zero attached hydrogens (tertiary/aromatic N) is 6. The van der Waals surface area contributed by atoms with E-state index in [-0.39, 0.29) is 17.0 Å². The zero-order chi connectivity index (χ0) is 27.1. The third-order valence-corrected chi connectivity index (χ3v) is 7.68. The fourth-order valence-corrected chi connectivity index (χ4v) is 5.48. The first kappa shape index (κ1) is 25.5. The van der Waals surface area contributed by atoms with Gasteiger partial charge in [-0.1, -0.05) is 17.7 Å². The standard InChI is InChI=1S/C28H29ClFN7O2/c1-17-13-31-28(33-21-5-9-39-10-6-21)34-25(17)19-12-24-27(38)37(8-7-36(24)16-19)26(20-14-32-35(2)15-20)18-3-4-22(29)23(30)11-18/h3-4,11-16,21,26H,5-10H2,1-2H3,(H,31,33,34). The van der Waals surface area contributed by atoms with Crippen molar-refractivity contribution in [2.45, 2.75) is 38.4 Å². The van der Waals surface area contributed by atoms with Crippen molar-refractivity contribution in [2.75, 3.05) is 25.1 Å². The van der Waals surface area contributed by atoms with E-state index in [0.717, 1.165) is 48.4 Å². The van der Waals surface area contributed by atoms with E-state index in [1.54, 1.807) is 21.8 Å². The lowest BCUT2D eigenvalue weighted by atomic mass is 9.98. The molecule has 9 nitrogen and oxygen atoms in total. The molecule has 4 aromatic rings. The Bertz CT molecular complexity index is 1530. The molecule has 11 heteroatoms. The van der Waals surface area contributed by atoms with E-state index in [0.29, 0.717) is 30.3 Å². The highest BCUT2D eigenvalue weighted by Gasteiger charge is 2.34. The monoisotopic (exact) mass is 549 g/mol. The van der Waals surface area contributed by atoms with E-state index in [2.05, 4.69) is 15.4 Å². The number of hydrogen-bond donors (Lipinski definition) is 1. The Morgan fingerprint density at radius 3 is 2.69 bits per heavy atom. The van der Waals surface area contributed by atoms with Gasteiger partial charge in [-0.3, -0.25) is 9.48 Å². The number of fused-ring (bicyclic) bond motifs is 1. The summed E-state index contributed by atoms with van der Waals surface area (Å²) in [5.74, 6) is -0.104. The lowest BCUT2D eigenvalue weighted by Crippen LogP contribution is -2.42. The molecule has 0 bridgehead atoms. The van der Waals surface area contributed by atoms with Gasteiger partial charge < -0.3 is 19.5 Å². The van der Waals surface area contributed by atoms with Crippen LogP contribution in [0.5, 0.6) is 0 Å². The number of anilines is 1. The lowest BCUT2D eigenvalue weighted by Gasteiger charge is -2.35. The first-order valence-electron chi connectivity index (χ1n) is 13.0. The van der Waals surface area contributed by atoms with E-state index < -0.39 is 11.9 Å². The van der Waals surface area contributed by atoms with E-state index in [9.17, 15) is 9.18 Å². The molecule has 1 aromatic carbocycles. The van der Waals surface area contributed by atoms with E-state index in [1.807, 2.05) is 43.2 Å². The van der Waals surface area contributed by atoms with Crippen molar-refractivity contribution in [3.05, 3.63) is 82.3 Å². The first-order chi connectivity index (χ1) is 18.9. The number of nitrogens with one attached hydrogen (secondary N) is 1. The Balaban J connectivity index is 1.32. The fraction of sp³-hybridized carbons (Fsp3) is 0.357. The Hall–Kier alpha value is -3.76. The van der Waals surface area contributed by atoms with Crippen molar-refractivity contribution in [3.63, 3.8) is 0 Å². The van der Waals surface area contributed by atoms with Crippen LogP contribution >= 0.6 is 11.6 Å². The molecule has 2 aliphatic rings. The molecule has 5 heterocycles. The van der Waals surface area contributed by atoms with Crippen molar-refractivity contribution in [1.82, 2.24) is 29.2 Å². The number of halogens is 2. The van der Waals surface area contributed by atoms with Crippen LogP contribution in [0.15, 0.2) is 49.1 Å². The molecule has 202 valence electrons. The number of carbonyl (C=O) groups is 1. The minimum Gasteiger partial charge on any atom is -0.381 e. The molecule has 1 atom stereocenters. The third kappa shape index (κ3) is 5.02. The molecule has 39 heavy (non-hydrogen) atoms. The van der Waals surface area contributed by atoms with Crippen LogP contribution in [0.1, 0.15) is 46.1 Å². The minimum atomic E-state index is -0.525. The van der Waals surface area contributed by atoms with Gasteiger partial charge in [0.05, 0.1) is 23.0 Å².